The van der Waals surface area contributed by atoms with Crippen LogP contribution in [0, 0.1) is 10.1 Å². The van der Waals surface area contributed by atoms with Gasteiger partial charge in [0.15, 0.2) is 6.61 Å². The van der Waals surface area contributed by atoms with Crippen LogP contribution in [-0.2, 0) is 14.3 Å². The maximum Gasteiger partial charge on any atom is 0.331 e. The molecule has 26 heavy (non-hydrogen) atoms. The van der Waals surface area contributed by atoms with Crippen LogP contribution in [0.5, 0.6) is 0 Å². The number of nitro groups is 1. The van der Waals surface area contributed by atoms with Gasteiger partial charge in [-0.25, -0.2) is 4.79 Å². The van der Waals surface area contributed by atoms with Crippen LogP contribution in [0.1, 0.15) is 5.56 Å². The molecular formula is C17H12Cl2N2O5. The van der Waals surface area contributed by atoms with Crippen molar-refractivity contribution in [1.29, 1.82) is 0 Å². The summed E-state index contributed by atoms with van der Waals surface area (Å²) in [6.45, 7) is -0.498. The summed E-state index contributed by atoms with van der Waals surface area (Å²) >= 11 is 11.7. The van der Waals surface area contributed by atoms with Crippen molar-refractivity contribution in [1.82, 2.24) is 0 Å². The monoisotopic (exact) mass is 394 g/mol. The number of halogens is 2. The second-order valence-electron chi connectivity index (χ2n) is 4.96. The molecule has 7 nitrogen and oxygen atoms in total. The molecule has 0 bridgehead atoms. The maximum atomic E-state index is 11.8. The molecule has 0 aliphatic carbocycles. The average molecular weight is 395 g/mol. The zero-order chi connectivity index (χ0) is 19.1. The van der Waals surface area contributed by atoms with E-state index in [0.29, 0.717) is 16.3 Å². The largest absolute Gasteiger partial charge is 0.452 e. The Hall–Kier alpha value is -2.90. The van der Waals surface area contributed by atoms with Gasteiger partial charge in [-0.1, -0.05) is 23.2 Å². The van der Waals surface area contributed by atoms with Crippen LogP contribution in [0.25, 0.3) is 6.08 Å². The molecule has 0 unspecified atom stereocenters. The molecule has 0 saturated carbocycles. The number of amides is 1. The number of anilines is 1. The minimum Gasteiger partial charge on any atom is -0.452 e. The van der Waals surface area contributed by atoms with Gasteiger partial charge in [0.25, 0.3) is 11.6 Å². The van der Waals surface area contributed by atoms with Gasteiger partial charge in [0.2, 0.25) is 0 Å². The molecule has 0 heterocycles. The number of rotatable bonds is 6. The van der Waals surface area contributed by atoms with Gasteiger partial charge in [0.05, 0.1) is 15.6 Å². The molecule has 0 spiro atoms. The highest BCUT2D eigenvalue weighted by atomic mass is 35.5. The van der Waals surface area contributed by atoms with Gasteiger partial charge in [-0.15, -0.1) is 0 Å². The second kappa shape index (κ2) is 8.98. The molecule has 2 rings (SSSR count). The molecule has 2 aromatic carbocycles. The van der Waals surface area contributed by atoms with E-state index in [2.05, 4.69) is 5.32 Å². The van der Waals surface area contributed by atoms with Crippen molar-refractivity contribution in [2.24, 2.45) is 0 Å². The van der Waals surface area contributed by atoms with Crippen LogP contribution >= 0.6 is 23.2 Å². The number of ether oxygens (including phenoxy) is 1. The summed E-state index contributed by atoms with van der Waals surface area (Å²) < 4.78 is 4.81. The number of benzene rings is 2. The lowest BCUT2D eigenvalue weighted by atomic mass is 10.2. The number of hydrogen-bond acceptors (Lipinski definition) is 5. The first-order chi connectivity index (χ1) is 12.3. The van der Waals surface area contributed by atoms with Gasteiger partial charge in [-0.3, -0.25) is 14.9 Å². The van der Waals surface area contributed by atoms with Crippen molar-refractivity contribution in [3.8, 4) is 0 Å². The topological polar surface area (TPSA) is 98.5 Å². The molecule has 0 aromatic heterocycles. The van der Waals surface area contributed by atoms with Crippen molar-refractivity contribution in [3.63, 3.8) is 0 Å². The van der Waals surface area contributed by atoms with Gasteiger partial charge in [0.1, 0.15) is 0 Å². The quantitative estimate of drug-likeness (QED) is 0.344. The third-order valence-corrected chi connectivity index (χ3v) is 3.61. The highest BCUT2D eigenvalue weighted by molar-refractivity contribution is 6.36. The first-order valence-corrected chi connectivity index (χ1v) is 7.95. The minimum atomic E-state index is -0.735. The molecule has 134 valence electrons. The molecule has 2 aromatic rings. The minimum absolute atomic E-state index is 0.0535. The fraction of sp³-hybridized carbons (Fsp3) is 0.0588. The molecule has 0 fully saturated rings. The number of carbonyl (C=O) groups is 2. The summed E-state index contributed by atoms with van der Waals surface area (Å²) in [5.74, 6) is -1.30. The third-order valence-electron chi connectivity index (χ3n) is 3.07. The van der Waals surface area contributed by atoms with Crippen LogP contribution in [0.4, 0.5) is 11.4 Å². The predicted octanol–water partition coefficient (Wildman–Crippen LogP) is 4.10. The van der Waals surface area contributed by atoms with Crippen molar-refractivity contribution in [2.75, 3.05) is 11.9 Å². The van der Waals surface area contributed by atoms with Crippen LogP contribution in [0.3, 0.4) is 0 Å². The summed E-state index contributed by atoms with van der Waals surface area (Å²) in [6.07, 6.45) is 2.53. The molecule has 0 aliphatic rings. The van der Waals surface area contributed by atoms with Crippen molar-refractivity contribution in [3.05, 3.63) is 74.3 Å². The third kappa shape index (κ3) is 5.87. The van der Waals surface area contributed by atoms with Crippen molar-refractivity contribution >= 4 is 52.5 Å². The highest BCUT2D eigenvalue weighted by Crippen LogP contribution is 2.25. The summed E-state index contributed by atoms with van der Waals surface area (Å²) in [6, 6.07) is 10.1. The lowest BCUT2D eigenvalue weighted by Crippen LogP contribution is -2.20. The zero-order valence-corrected chi connectivity index (χ0v) is 14.7. The Balaban J connectivity index is 1.83. The van der Waals surface area contributed by atoms with Gasteiger partial charge in [-0.05, 0) is 42.0 Å². The summed E-state index contributed by atoms with van der Waals surface area (Å²) in [4.78, 5) is 33.4. The van der Waals surface area contributed by atoms with E-state index in [1.54, 1.807) is 6.07 Å². The second-order valence-corrected chi connectivity index (χ2v) is 5.81. The fourth-order valence-corrected chi connectivity index (χ4v) is 2.29. The summed E-state index contributed by atoms with van der Waals surface area (Å²) in [5.41, 5.74) is 0.866. The molecule has 1 N–H and O–H groups in total. The van der Waals surface area contributed by atoms with Gasteiger partial charge in [0, 0.05) is 23.2 Å². The summed E-state index contributed by atoms with van der Waals surface area (Å²) in [5, 5.41) is 13.7. The molecular weight excluding hydrogens is 383 g/mol. The number of carbonyl (C=O) groups excluding carboxylic acids is 2. The fourth-order valence-electron chi connectivity index (χ4n) is 1.83. The number of hydrogen-bond donors (Lipinski definition) is 1. The average Bonchev–Trinajstić information content (AvgIpc) is 2.61. The van der Waals surface area contributed by atoms with Crippen LogP contribution in [0.2, 0.25) is 10.0 Å². The van der Waals surface area contributed by atoms with E-state index in [9.17, 15) is 19.7 Å². The van der Waals surface area contributed by atoms with Gasteiger partial charge < -0.3 is 10.1 Å². The molecule has 0 aliphatic heterocycles. The number of nitrogens with one attached hydrogen (secondary N) is 1. The Kier molecular flexibility index (Phi) is 6.71. The lowest BCUT2D eigenvalue weighted by Gasteiger charge is -2.07. The number of nitrogens with zero attached hydrogens (tertiary/aromatic N) is 1. The maximum absolute atomic E-state index is 11.8. The van der Waals surface area contributed by atoms with Crippen molar-refractivity contribution in [2.45, 2.75) is 0 Å². The molecule has 9 heteroatoms. The first-order valence-electron chi connectivity index (χ1n) is 7.19. The van der Waals surface area contributed by atoms with E-state index in [4.69, 9.17) is 27.9 Å². The molecule has 0 atom stereocenters. The standard InChI is InChI=1S/C17H12Cl2N2O5/c18-12-4-7-15(14(19)9-12)20-16(22)10-26-17(23)8-3-11-1-5-13(6-2-11)21(24)25/h1-9H,10H2,(H,20,22)/b8-3+. The van der Waals surface area contributed by atoms with E-state index < -0.39 is 23.4 Å². The number of non-ortho nitro benzene ring substituents is 1. The number of esters is 1. The Labute approximate surface area is 158 Å². The van der Waals surface area contributed by atoms with Crippen LogP contribution < -0.4 is 5.32 Å². The van der Waals surface area contributed by atoms with Crippen LogP contribution in [-0.4, -0.2) is 23.4 Å². The van der Waals surface area contributed by atoms with E-state index in [-0.39, 0.29) is 10.7 Å². The molecule has 1 amide bonds. The SMILES string of the molecule is O=C(COC(=O)/C=C/c1ccc([N+](=O)[O-])cc1)Nc1ccc(Cl)cc1Cl. The van der Waals surface area contributed by atoms with E-state index >= 15 is 0 Å². The zero-order valence-electron chi connectivity index (χ0n) is 13.1. The number of nitro benzene ring substituents is 1. The Morgan fingerprint density at radius 3 is 2.46 bits per heavy atom. The summed E-state index contributed by atoms with van der Waals surface area (Å²) in [7, 11) is 0. The van der Waals surface area contributed by atoms with E-state index in [0.717, 1.165) is 6.08 Å². The first kappa shape index (κ1) is 19.4. The Morgan fingerprint density at radius 2 is 1.85 bits per heavy atom. The lowest BCUT2D eigenvalue weighted by molar-refractivity contribution is -0.384. The molecule has 0 radical (unpaired) electrons. The van der Waals surface area contributed by atoms with Crippen LogP contribution in [0.15, 0.2) is 48.5 Å². The van der Waals surface area contributed by atoms with Gasteiger partial charge in [-0.2, -0.15) is 0 Å². The van der Waals surface area contributed by atoms with Gasteiger partial charge >= 0.3 is 5.97 Å². The van der Waals surface area contributed by atoms with E-state index in [1.165, 1.54) is 42.5 Å². The smallest absolute Gasteiger partial charge is 0.331 e. The van der Waals surface area contributed by atoms with E-state index in [1.807, 2.05) is 0 Å². The Bertz CT molecular complexity index is 866. The predicted molar refractivity (Wildman–Crippen MR) is 98.2 cm³/mol. The normalized spacial score (nSPS) is 10.5. The highest BCUT2D eigenvalue weighted by Gasteiger charge is 2.09. The van der Waals surface area contributed by atoms with Crippen molar-refractivity contribution < 1.29 is 19.2 Å². The molecule has 0 saturated heterocycles. The Morgan fingerprint density at radius 1 is 1.15 bits per heavy atom.